The molecule has 0 radical (unpaired) electrons. The van der Waals surface area contributed by atoms with Crippen molar-refractivity contribution in [3.8, 4) is 0 Å². The first-order valence-electron chi connectivity index (χ1n) is 6.22. The maximum absolute atomic E-state index is 11.2. The number of carboxylic acids is 1. The van der Waals surface area contributed by atoms with E-state index >= 15 is 0 Å². The third-order valence-corrected chi connectivity index (χ3v) is 3.21. The van der Waals surface area contributed by atoms with E-state index in [9.17, 15) is 9.90 Å². The molecule has 0 saturated heterocycles. The second kappa shape index (κ2) is 5.61. The summed E-state index contributed by atoms with van der Waals surface area (Å²) < 4.78 is 0. The van der Waals surface area contributed by atoms with Crippen LogP contribution in [0, 0.1) is 6.92 Å². The van der Waals surface area contributed by atoms with Gasteiger partial charge in [-0.3, -0.25) is 4.98 Å². The highest BCUT2D eigenvalue weighted by molar-refractivity contribution is 5.95. The minimum absolute atomic E-state index is 0.140. The molecule has 5 heteroatoms. The number of aryl methyl sites for hydroxylation is 1. The highest BCUT2D eigenvalue weighted by Crippen LogP contribution is 2.25. The summed E-state index contributed by atoms with van der Waals surface area (Å²) in [4.78, 5) is 17.2. The van der Waals surface area contributed by atoms with Crippen LogP contribution in [0.4, 0.5) is 11.4 Å². The molecule has 0 aliphatic heterocycles. The van der Waals surface area contributed by atoms with Crippen molar-refractivity contribution in [3.63, 3.8) is 0 Å². The average molecular weight is 271 g/mol. The van der Waals surface area contributed by atoms with Crippen molar-refractivity contribution in [1.82, 2.24) is 4.98 Å². The Bertz CT molecular complexity index is 627. The lowest BCUT2D eigenvalue weighted by Gasteiger charge is -2.21. The van der Waals surface area contributed by atoms with Gasteiger partial charge in [-0.1, -0.05) is 0 Å². The number of aromatic nitrogens is 1. The van der Waals surface area contributed by atoms with Gasteiger partial charge in [-0.15, -0.1) is 0 Å². The molecule has 5 nitrogen and oxygen atoms in total. The van der Waals surface area contributed by atoms with Crippen molar-refractivity contribution in [2.45, 2.75) is 13.5 Å². The van der Waals surface area contributed by atoms with Gasteiger partial charge in [0, 0.05) is 37.4 Å². The number of nitrogen functional groups attached to an aromatic ring is 1. The summed E-state index contributed by atoms with van der Waals surface area (Å²) in [5.41, 5.74) is 8.95. The molecule has 0 aliphatic carbocycles. The number of anilines is 2. The first kappa shape index (κ1) is 13.9. The van der Waals surface area contributed by atoms with Crippen LogP contribution in [0.1, 0.15) is 21.5 Å². The normalized spacial score (nSPS) is 10.3. The summed E-state index contributed by atoms with van der Waals surface area (Å²) in [6.45, 7) is 2.48. The Kier molecular flexibility index (Phi) is 3.89. The van der Waals surface area contributed by atoms with Crippen LogP contribution >= 0.6 is 0 Å². The van der Waals surface area contributed by atoms with Crippen molar-refractivity contribution < 1.29 is 9.90 Å². The summed E-state index contributed by atoms with van der Waals surface area (Å²) >= 11 is 0. The number of nitrogens with zero attached hydrogens (tertiary/aromatic N) is 2. The number of hydrogen-bond acceptors (Lipinski definition) is 4. The smallest absolute Gasteiger partial charge is 0.337 e. The van der Waals surface area contributed by atoms with Crippen molar-refractivity contribution in [2.24, 2.45) is 0 Å². The topological polar surface area (TPSA) is 79.5 Å². The van der Waals surface area contributed by atoms with Gasteiger partial charge in [0.25, 0.3) is 0 Å². The Labute approximate surface area is 117 Å². The van der Waals surface area contributed by atoms with E-state index in [4.69, 9.17) is 5.73 Å². The predicted octanol–water partition coefficient (Wildman–Crippen LogP) is 2.31. The maximum Gasteiger partial charge on any atom is 0.337 e. The average Bonchev–Trinajstić information content (AvgIpc) is 2.42. The molecule has 1 aromatic heterocycles. The van der Waals surface area contributed by atoms with Gasteiger partial charge in [-0.25, -0.2) is 4.79 Å². The van der Waals surface area contributed by atoms with Crippen molar-refractivity contribution in [3.05, 3.63) is 53.3 Å². The largest absolute Gasteiger partial charge is 0.478 e. The van der Waals surface area contributed by atoms with Gasteiger partial charge in [-0.05, 0) is 42.3 Å². The molecule has 3 N–H and O–H groups in total. The standard InChI is InChI=1S/C15H17N3O2/c1-10-7-12(8-13(14(10)16)15(19)20)18(2)9-11-3-5-17-6-4-11/h3-8H,9,16H2,1-2H3,(H,19,20). The first-order valence-corrected chi connectivity index (χ1v) is 6.22. The molecule has 1 aromatic carbocycles. The Balaban J connectivity index is 2.31. The lowest BCUT2D eigenvalue weighted by molar-refractivity contribution is 0.0698. The van der Waals surface area contributed by atoms with Gasteiger partial charge in [0.15, 0.2) is 0 Å². The van der Waals surface area contributed by atoms with Crippen LogP contribution in [0.3, 0.4) is 0 Å². The number of benzene rings is 1. The quantitative estimate of drug-likeness (QED) is 0.834. The SMILES string of the molecule is Cc1cc(N(C)Cc2ccncc2)cc(C(=O)O)c1N. The summed E-state index contributed by atoms with van der Waals surface area (Å²) in [5.74, 6) is -1.01. The molecule has 2 aromatic rings. The molecular formula is C15H17N3O2. The number of rotatable bonds is 4. The lowest BCUT2D eigenvalue weighted by Crippen LogP contribution is -2.17. The molecule has 0 aliphatic rings. The molecule has 0 amide bonds. The molecule has 0 atom stereocenters. The lowest BCUT2D eigenvalue weighted by atomic mass is 10.1. The van der Waals surface area contributed by atoms with Crippen LogP contribution in [0.15, 0.2) is 36.7 Å². The molecule has 20 heavy (non-hydrogen) atoms. The van der Waals surface area contributed by atoms with Crippen LogP contribution in [-0.4, -0.2) is 23.1 Å². The number of carbonyl (C=O) groups is 1. The summed E-state index contributed by atoms with van der Waals surface area (Å²) in [7, 11) is 1.91. The molecule has 0 spiro atoms. The van der Waals surface area contributed by atoms with Gasteiger partial charge in [0.1, 0.15) is 0 Å². The van der Waals surface area contributed by atoms with E-state index in [2.05, 4.69) is 4.98 Å². The predicted molar refractivity (Wildman–Crippen MR) is 78.9 cm³/mol. The van der Waals surface area contributed by atoms with E-state index < -0.39 is 5.97 Å². The zero-order valence-corrected chi connectivity index (χ0v) is 11.5. The minimum atomic E-state index is -1.01. The van der Waals surface area contributed by atoms with Gasteiger partial charge < -0.3 is 15.7 Å². The van der Waals surface area contributed by atoms with Gasteiger partial charge in [-0.2, -0.15) is 0 Å². The van der Waals surface area contributed by atoms with E-state index in [-0.39, 0.29) is 5.56 Å². The number of hydrogen-bond donors (Lipinski definition) is 2. The Morgan fingerprint density at radius 3 is 2.60 bits per heavy atom. The second-order valence-corrected chi connectivity index (χ2v) is 4.74. The number of aromatic carboxylic acids is 1. The maximum atomic E-state index is 11.2. The van der Waals surface area contributed by atoms with E-state index in [0.29, 0.717) is 12.2 Å². The van der Waals surface area contributed by atoms with E-state index in [1.54, 1.807) is 18.5 Å². The Morgan fingerprint density at radius 2 is 2.00 bits per heavy atom. The number of nitrogens with two attached hydrogens (primary N) is 1. The summed E-state index contributed by atoms with van der Waals surface area (Å²) in [6.07, 6.45) is 3.47. The molecule has 0 saturated carbocycles. The summed E-state index contributed by atoms with van der Waals surface area (Å²) in [6, 6.07) is 7.35. The van der Waals surface area contributed by atoms with Crippen molar-refractivity contribution >= 4 is 17.3 Å². The molecule has 0 unspecified atom stereocenters. The third-order valence-electron chi connectivity index (χ3n) is 3.21. The Morgan fingerprint density at radius 1 is 1.35 bits per heavy atom. The van der Waals surface area contributed by atoms with Crippen LogP contribution in [0.5, 0.6) is 0 Å². The third kappa shape index (κ3) is 2.88. The van der Waals surface area contributed by atoms with Gasteiger partial charge in [0.05, 0.1) is 5.56 Å². The van der Waals surface area contributed by atoms with Crippen molar-refractivity contribution in [2.75, 3.05) is 17.7 Å². The zero-order valence-electron chi connectivity index (χ0n) is 11.5. The van der Waals surface area contributed by atoms with E-state index in [1.165, 1.54) is 0 Å². The zero-order chi connectivity index (χ0) is 14.7. The van der Waals surface area contributed by atoms with Gasteiger partial charge in [0.2, 0.25) is 0 Å². The molecule has 0 bridgehead atoms. The number of carboxylic acid groups (broad SMARTS) is 1. The first-order chi connectivity index (χ1) is 9.49. The monoisotopic (exact) mass is 271 g/mol. The fourth-order valence-corrected chi connectivity index (χ4v) is 2.03. The molecule has 1 heterocycles. The summed E-state index contributed by atoms with van der Waals surface area (Å²) in [5, 5.41) is 9.18. The van der Waals surface area contributed by atoms with Crippen molar-refractivity contribution in [1.29, 1.82) is 0 Å². The van der Waals surface area contributed by atoms with Crippen LogP contribution in [-0.2, 0) is 6.54 Å². The second-order valence-electron chi connectivity index (χ2n) is 4.74. The number of pyridine rings is 1. The molecule has 104 valence electrons. The van der Waals surface area contributed by atoms with Gasteiger partial charge >= 0.3 is 5.97 Å². The van der Waals surface area contributed by atoms with E-state index in [1.807, 2.05) is 37.1 Å². The fraction of sp³-hybridized carbons (Fsp3) is 0.200. The van der Waals surface area contributed by atoms with Crippen LogP contribution in [0.25, 0.3) is 0 Å². The minimum Gasteiger partial charge on any atom is -0.478 e. The highest BCUT2D eigenvalue weighted by atomic mass is 16.4. The molecule has 0 fully saturated rings. The Hall–Kier alpha value is -2.56. The highest BCUT2D eigenvalue weighted by Gasteiger charge is 2.13. The van der Waals surface area contributed by atoms with E-state index in [0.717, 1.165) is 16.8 Å². The van der Waals surface area contributed by atoms with Crippen LogP contribution in [0.2, 0.25) is 0 Å². The molecular weight excluding hydrogens is 254 g/mol. The fourth-order valence-electron chi connectivity index (χ4n) is 2.03. The van der Waals surface area contributed by atoms with Crippen LogP contribution < -0.4 is 10.6 Å². The molecule has 2 rings (SSSR count).